The molecule has 110 valence electrons. The van der Waals surface area contributed by atoms with Crippen molar-refractivity contribution < 1.29 is 8.42 Å². The number of hydrazone groups is 1. The molecule has 11 heteroatoms. The summed E-state index contributed by atoms with van der Waals surface area (Å²) in [5.74, 6) is -1.06. The summed E-state index contributed by atoms with van der Waals surface area (Å²) in [5, 5.41) is 19.3. The van der Waals surface area contributed by atoms with E-state index in [0.717, 1.165) is 0 Å². The van der Waals surface area contributed by atoms with E-state index in [1.165, 1.54) is 24.3 Å². The summed E-state index contributed by atoms with van der Waals surface area (Å²) in [5.41, 5.74) is 17.7. The predicted molar refractivity (Wildman–Crippen MR) is 78.0 cm³/mol. The number of anilines is 1. The Morgan fingerprint density at radius 1 is 1.24 bits per heavy atom. The third-order valence-corrected chi connectivity index (χ3v) is 3.35. The molecule has 0 radical (unpaired) electrons. The highest BCUT2D eigenvalue weighted by Gasteiger charge is 2.12. The number of nitrogens with one attached hydrogen (secondary N) is 2. The van der Waals surface area contributed by atoms with Gasteiger partial charge in [0.05, 0.1) is 10.6 Å². The van der Waals surface area contributed by atoms with Crippen LogP contribution in [-0.2, 0) is 10.0 Å². The number of hydrogen-bond donors (Lipinski definition) is 5. The van der Waals surface area contributed by atoms with Gasteiger partial charge < -0.3 is 17.2 Å². The molecule has 0 aromatic heterocycles. The molecule has 8 N–H and O–H groups in total. The van der Waals surface area contributed by atoms with Crippen molar-refractivity contribution in [2.24, 2.45) is 26.7 Å². The van der Waals surface area contributed by atoms with E-state index in [2.05, 4.69) is 14.9 Å². The van der Waals surface area contributed by atoms with E-state index in [-0.39, 0.29) is 10.6 Å². The van der Waals surface area contributed by atoms with Gasteiger partial charge in [-0.3, -0.25) is 10.8 Å². The van der Waals surface area contributed by atoms with Crippen LogP contribution in [-0.4, -0.2) is 25.9 Å². The molecule has 0 fully saturated rings. The van der Waals surface area contributed by atoms with Gasteiger partial charge in [-0.25, -0.2) is 0 Å². The number of nitrogens with zero attached hydrogens (tertiary/aromatic N) is 3. The monoisotopic (exact) mass is 308 g/mol. The van der Waals surface area contributed by atoms with Crippen LogP contribution in [0.5, 0.6) is 0 Å². The van der Waals surface area contributed by atoms with Crippen LogP contribution in [0.1, 0.15) is 0 Å². The minimum absolute atomic E-state index is 0.113. The summed E-state index contributed by atoms with van der Waals surface area (Å²) < 4.78 is 26.5. The van der Waals surface area contributed by atoms with Gasteiger partial charge in [-0.05, 0) is 24.3 Å². The third kappa shape index (κ3) is 4.48. The summed E-state index contributed by atoms with van der Waals surface area (Å²) in [6.45, 7) is 0. The minimum Gasteiger partial charge on any atom is -0.382 e. The molecule has 0 bridgehead atoms. The number of rotatable bonds is 5. The molecule has 1 rings (SSSR count). The van der Waals surface area contributed by atoms with Gasteiger partial charge in [-0.1, -0.05) is 0 Å². The molecule has 0 heterocycles. The molecule has 10 nitrogen and oxygen atoms in total. The van der Waals surface area contributed by atoms with Crippen LogP contribution < -0.4 is 22.6 Å². The maximum absolute atomic E-state index is 11.7. The molecule has 21 heavy (non-hydrogen) atoms. The molecule has 0 atom stereocenters. The molecule has 1 aromatic carbocycles. The summed E-state index contributed by atoms with van der Waals surface area (Å²) in [7, 11) is -3.96. The summed E-state index contributed by atoms with van der Waals surface area (Å²) >= 11 is 0. The first kappa shape index (κ1) is 15.9. The van der Waals surface area contributed by atoms with Crippen molar-refractivity contribution in [2.75, 3.05) is 5.43 Å². The van der Waals surface area contributed by atoms with Crippen molar-refractivity contribution in [3.8, 4) is 6.07 Å². The summed E-state index contributed by atoms with van der Waals surface area (Å²) in [6.07, 6.45) is 0. The van der Waals surface area contributed by atoms with Crippen molar-refractivity contribution in [1.82, 2.24) is 0 Å². The van der Waals surface area contributed by atoms with Crippen molar-refractivity contribution in [2.45, 2.75) is 4.90 Å². The van der Waals surface area contributed by atoms with Crippen LogP contribution in [0.2, 0.25) is 0 Å². The molecule has 0 aliphatic rings. The Balaban J connectivity index is 2.98. The summed E-state index contributed by atoms with van der Waals surface area (Å²) in [6, 6.07) is 6.89. The average molecular weight is 308 g/mol. The van der Waals surface area contributed by atoms with Crippen LogP contribution in [0.3, 0.4) is 0 Å². The van der Waals surface area contributed by atoms with Gasteiger partial charge in [0.1, 0.15) is 6.07 Å². The lowest BCUT2D eigenvalue weighted by molar-refractivity contribution is 0.598. The minimum atomic E-state index is -3.96. The zero-order valence-corrected chi connectivity index (χ0v) is 11.4. The van der Waals surface area contributed by atoms with Crippen molar-refractivity contribution in [3.63, 3.8) is 0 Å². The van der Waals surface area contributed by atoms with E-state index < -0.39 is 21.8 Å². The molecule has 0 saturated heterocycles. The Labute approximate surface area is 120 Å². The standard InChI is InChI=1S/C10H12N8O2S/c11-5-8(9(12)13)17-16-6-1-3-7(4-2-6)21(19,20)18-10(14)15/h1-4,16H,(H3,12,13)(H4,14,15,18)/b17-8+. The fraction of sp³-hybridized carbons (Fsp3) is 0. The van der Waals surface area contributed by atoms with Crippen molar-refractivity contribution in [3.05, 3.63) is 24.3 Å². The first-order chi connectivity index (χ1) is 9.76. The maximum Gasteiger partial charge on any atom is 0.285 e. The van der Waals surface area contributed by atoms with Crippen molar-refractivity contribution in [1.29, 1.82) is 10.7 Å². The first-order valence-electron chi connectivity index (χ1n) is 5.30. The number of nitrogens with two attached hydrogens (primary N) is 3. The van der Waals surface area contributed by atoms with Crippen LogP contribution in [0.4, 0.5) is 5.69 Å². The Bertz CT molecular complexity index is 738. The topological polar surface area (TPSA) is 197 Å². The highest BCUT2D eigenvalue weighted by Crippen LogP contribution is 2.16. The molecule has 0 unspecified atom stereocenters. The van der Waals surface area contributed by atoms with E-state index in [0.29, 0.717) is 5.69 Å². The smallest absolute Gasteiger partial charge is 0.285 e. The lowest BCUT2D eigenvalue weighted by atomic mass is 10.3. The van der Waals surface area contributed by atoms with E-state index in [4.69, 9.17) is 27.9 Å². The van der Waals surface area contributed by atoms with Gasteiger partial charge in [0, 0.05) is 0 Å². The number of sulfonamides is 1. The quantitative estimate of drug-likeness (QED) is 0.257. The average Bonchev–Trinajstić information content (AvgIpc) is 2.38. The molecule has 0 spiro atoms. The van der Waals surface area contributed by atoms with E-state index >= 15 is 0 Å². The van der Waals surface area contributed by atoms with E-state index in [1.54, 1.807) is 6.07 Å². The first-order valence-corrected chi connectivity index (χ1v) is 6.74. The summed E-state index contributed by atoms with van der Waals surface area (Å²) in [4.78, 5) is -0.113. The van der Waals surface area contributed by atoms with Gasteiger partial charge in [0.15, 0.2) is 5.84 Å². The molecule has 0 saturated carbocycles. The molecule has 0 aliphatic heterocycles. The Hall–Kier alpha value is -3.13. The Morgan fingerprint density at radius 2 is 1.81 bits per heavy atom. The number of amidine groups is 1. The van der Waals surface area contributed by atoms with E-state index in [1.807, 2.05) is 0 Å². The molecule has 0 aliphatic carbocycles. The van der Waals surface area contributed by atoms with Gasteiger partial charge >= 0.3 is 0 Å². The second kappa shape index (κ2) is 6.35. The third-order valence-electron chi connectivity index (χ3n) is 2.04. The number of guanidine groups is 1. The highest BCUT2D eigenvalue weighted by atomic mass is 32.2. The highest BCUT2D eigenvalue weighted by molar-refractivity contribution is 7.90. The second-order valence-corrected chi connectivity index (χ2v) is 5.22. The molecular weight excluding hydrogens is 296 g/mol. The Kier molecular flexibility index (Phi) is 4.81. The van der Waals surface area contributed by atoms with Crippen LogP contribution in [0, 0.1) is 16.7 Å². The normalized spacial score (nSPS) is 11.3. The number of nitriles is 1. The SMILES string of the molecule is N#C/C(=N\Nc1ccc(S(=O)(=O)N=C(N)N)cc1)C(=N)N. The van der Waals surface area contributed by atoms with Crippen LogP contribution >= 0.6 is 0 Å². The van der Waals surface area contributed by atoms with E-state index in [9.17, 15) is 8.42 Å². The zero-order valence-electron chi connectivity index (χ0n) is 10.6. The molecular formula is C10H12N8O2S. The molecule has 1 aromatic rings. The van der Waals surface area contributed by atoms with Gasteiger partial charge in [0.25, 0.3) is 10.0 Å². The largest absolute Gasteiger partial charge is 0.382 e. The maximum atomic E-state index is 11.7. The van der Waals surface area contributed by atoms with Crippen LogP contribution in [0.15, 0.2) is 38.7 Å². The predicted octanol–water partition coefficient (Wildman–Crippen LogP) is -1.12. The lowest BCUT2D eigenvalue weighted by Crippen LogP contribution is -2.24. The second-order valence-electron chi connectivity index (χ2n) is 3.61. The number of benzene rings is 1. The van der Waals surface area contributed by atoms with Crippen molar-refractivity contribution >= 4 is 33.2 Å². The van der Waals surface area contributed by atoms with Gasteiger partial charge in [-0.15, -0.1) is 4.40 Å². The Morgan fingerprint density at radius 3 is 2.24 bits per heavy atom. The van der Waals surface area contributed by atoms with Gasteiger partial charge in [0.2, 0.25) is 11.7 Å². The molecule has 0 amide bonds. The number of hydrogen-bond acceptors (Lipinski definition) is 6. The van der Waals surface area contributed by atoms with Crippen LogP contribution in [0.25, 0.3) is 0 Å². The van der Waals surface area contributed by atoms with Gasteiger partial charge in [-0.2, -0.15) is 18.8 Å². The lowest BCUT2D eigenvalue weighted by Gasteiger charge is -2.03. The fourth-order valence-corrected chi connectivity index (χ4v) is 2.02. The zero-order chi connectivity index (χ0) is 16.0. The fourth-order valence-electron chi connectivity index (χ4n) is 1.16.